The summed E-state index contributed by atoms with van der Waals surface area (Å²) in [6.07, 6.45) is 0.983. The average molecular weight is 232 g/mol. The maximum atomic E-state index is 11.9. The third-order valence-corrected chi connectivity index (χ3v) is 3.15. The van der Waals surface area contributed by atoms with E-state index >= 15 is 0 Å². The molecule has 1 aliphatic heterocycles. The van der Waals surface area contributed by atoms with Crippen molar-refractivity contribution in [3.05, 3.63) is 23.8 Å². The lowest BCUT2D eigenvalue weighted by Gasteiger charge is -2.32. The van der Waals surface area contributed by atoms with Crippen molar-refractivity contribution in [1.29, 1.82) is 0 Å². The third-order valence-electron chi connectivity index (χ3n) is 3.15. The van der Waals surface area contributed by atoms with Crippen LogP contribution < -0.4 is 10.2 Å². The highest BCUT2D eigenvalue weighted by atomic mass is 16.2. The number of anilines is 2. The molecule has 1 aromatic carbocycles. The van der Waals surface area contributed by atoms with Gasteiger partial charge in [-0.2, -0.15) is 0 Å². The number of nitrogens with one attached hydrogen (secondary N) is 1. The molecule has 0 aromatic heterocycles. The largest absolute Gasteiger partial charge is 0.374 e. The first-order valence-corrected chi connectivity index (χ1v) is 6.32. The number of hydrogen-bond acceptors (Lipinski definition) is 2. The van der Waals surface area contributed by atoms with E-state index in [-0.39, 0.29) is 5.91 Å². The van der Waals surface area contributed by atoms with Crippen molar-refractivity contribution in [1.82, 2.24) is 0 Å². The van der Waals surface area contributed by atoms with Crippen LogP contribution in [-0.2, 0) is 4.79 Å². The van der Waals surface area contributed by atoms with Crippen LogP contribution in [0.5, 0.6) is 0 Å². The SMILES string of the molecule is CCCN1C(=O)CNc2c(C(C)C)cccc21. The van der Waals surface area contributed by atoms with E-state index in [1.807, 2.05) is 17.0 Å². The van der Waals surface area contributed by atoms with Gasteiger partial charge in [0.15, 0.2) is 0 Å². The van der Waals surface area contributed by atoms with Gasteiger partial charge in [-0.1, -0.05) is 32.9 Å². The monoisotopic (exact) mass is 232 g/mol. The van der Waals surface area contributed by atoms with Crippen molar-refractivity contribution in [3.8, 4) is 0 Å². The molecule has 0 aliphatic carbocycles. The number of fused-ring (bicyclic) bond motifs is 1. The Labute approximate surface area is 103 Å². The molecule has 17 heavy (non-hydrogen) atoms. The van der Waals surface area contributed by atoms with Crippen LogP contribution in [0.15, 0.2) is 18.2 Å². The van der Waals surface area contributed by atoms with E-state index < -0.39 is 0 Å². The van der Waals surface area contributed by atoms with E-state index in [4.69, 9.17) is 0 Å². The van der Waals surface area contributed by atoms with E-state index in [9.17, 15) is 4.79 Å². The van der Waals surface area contributed by atoms with Crippen LogP contribution >= 0.6 is 0 Å². The Hall–Kier alpha value is -1.51. The third kappa shape index (κ3) is 2.14. The second kappa shape index (κ2) is 4.78. The number of carbonyl (C=O) groups excluding carboxylic acids is 1. The number of rotatable bonds is 3. The van der Waals surface area contributed by atoms with Crippen LogP contribution in [0.2, 0.25) is 0 Å². The molecule has 1 aliphatic rings. The molecule has 1 heterocycles. The highest BCUT2D eigenvalue weighted by molar-refractivity contribution is 6.03. The maximum Gasteiger partial charge on any atom is 0.246 e. The van der Waals surface area contributed by atoms with Gasteiger partial charge in [0.05, 0.1) is 17.9 Å². The Kier molecular flexibility index (Phi) is 3.36. The van der Waals surface area contributed by atoms with Gasteiger partial charge in [-0.05, 0) is 24.0 Å². The molecular formula is C14H20N2O. The molecule has 3 heteroatoms. The van der Waals surface area contributed by atoms with E-state index in [0.29, 0.717) is 12.5 Å². The molecule has 0 unspecified atom stereocenters. The quantitative estimate of drug-likeness (QED) is 0.869. The molecule has 3 nitrogen and oxygen atoms in total. The minimum Gasteiger partial charge on any atom is -0.374 e. The van der Waals surface area contributed by atoms with E-state index in [2.05, 4.69) is 32.2 Å². The van der Waals surface area contributed by atoms with Gasteiger partial charge in [-0.3, -0.25) is 4.79 Å². The van der Waals surface area contributed by atoms with Gasteiger partial charge in [-0.15, -0.1) is 0 Å². The molecule has 2 rings (SSSR count). The molecule has 0 saturated heterocycles. The summed E-state index contributed by atoms with van der Waals surface area (Å²) in [5.41, 5.74) is 3.46. The first-order valence-electron chi connectivity index (χ1n) is 6.32. The Balaban J connectivity index is 2.46. The van der Waals surface area contributed by atoms with Crippen molar-refractivity contribution in [2.24, 2.45) is 0 Å². The number of nitrogens with zero attached hydrogens (tertiary/aromatic N) is 1. The zero-order valence-corrected chi connectivity index (χ0v) is 10.8. The lowest BCUT2D eigenvalue weighted by molar-refractivity contribution is -0.117. The minimum atomic E-state index is 0.167. The summed E-state index contributed by atoms with van der Waals surface area (Å²) in [6, 6.07) is 6.20. The number of para-hydroxylation sites is 1. The molecule has 0 atom stereocenters. The number of hydrogen-bond donors (Lipinski definition) is 1. The van der Waals surface area contributed by atoms with Crippen LogP contribution in [0.25, 0.3) is 0 Å². The summed E-state index contributed by atoms with van der Waals surface area (Å²) in [7, 11) is 0. The summed E-state index contributed by atoms with van der Waals surface area (Å²) in [5.74, 6) is 0.634. The zero-order chi connectivity index (χ0) is 12.4. The first-order chi connectivity index (χ1) is 8.15. The fourth-order valence-corrected chi connectivity index (χ4v) is 2.32. The Bertz CT molecular complexity index is 426. The van der Waals surface area contributed by atoms with E-state index in [1.165, 1.54) is 5.56 Å². The predicted octanol–water partition coefficient (Wildman–Crippen LogP) is 2.98. The van der Waals surface area contributed by atoms with Gasteiger partial charge in [-0.25, -0.2) is 0 Å². The second-order valence-corrected chi connectivity index (χ2v) is 4.79. The fourth-order valence-electron chi connectivity index (χ4n) is 2.32. The summed E-state index contributed by atoms with van der Waals surface area (Å²) in [4.78, 5) is 13.8. The van der Waals surface area contributed by atoms with Crippen molar-refractivity contribution >= 4 is 17.3 Å². The lowest BCUT2D eigenvalue weighted by Crippen LogP contribution is -2.40. The first kappa shape index (κ1) is 12.0. The average Bonchev–Trinajstić information content (AvgIpc) is 2.32. The second-order valence-electron chi connectivity index (χ2n) is 4.79. The summed E-state index contributed by atoms with van der Waals surface area (Å²) in [6.45, 7) is 7.67. The van der Waals surface area contributed by atoms with Gasteiger partial charge in [0.25, 0.3) is 0 Å². The summed E-state index contributed by atoms with van der Waals surface area (Å²) < 4.78 is 0. The predicted molar refractivity (Wildman–Crippen MR) is 71.7 cm³/mol. The van der Waals surface area contributed by atoms with Crippen LogP contribution in [0.3, 0.4) is 0 Å². The number of benzene rings is 1. The molecular weight excluding hydrogens is 212 g/mol. The maximum absolute atomic E-state index is 11.9. The van der Waals surface area contributed by atoms with Gasteiger partial charge in [0.1, 0.15) is 0 Å². The summed E-state index contributed by atoms with van der Waals surface area (Å²) >= 11 is 0. The Morgan fingerprint density at radius 1 is 1.41 bits per heavy atom. The summed E-state index contributed by atoms with van der Waals surface area (Å²) in [5, 5.41) is 3.26. The molecule has 0 saturated carbocycles. The highest BCUT2D eigenvalue weighted by Crippen LogP contribution is 2.36. The van der Waals surface area contributed by atoms with Gasteiger partial charge >= 0.3 is 0 Å². The van der Waals surface area contributed by atoms with Crippen molar-refractivity contribution in [2.45, 2.75) is 33.1 Å². The van der Waals surface area contributed by atoms with Gasteiger partial charge in [0.2, 0.25) is 5.91 Å². The zero-order valence-electron chi connectivity index (χ0n) is 10.8. The van der Waals surface area contributed by atoms with E-state index in [0.717, 1.165) is 24.3 Å². The fraction of sp³-hybridized carbons (Fsp3) is 0.500. The van der Waals surface area contributed by atoms with Crippen LogP contribution in [0, 0.1) is 0 Å². The molecule has 92 valence electrons. The topological polar surface area (TPSA) is 32.3 Å². The van der Waals surface area contributed by atoms with Crippen molar-refractivity contribution in [3.63, 3.8) is 0 Å². The highest BCUT2D eigenvalue weighted by Gasteiger charge is 2.25. The smallest absolute Gasteiger partial charge is 0.246 e. The molecule has 0 bridgehead atoms. The van der Waals surface area contributed by atoms with Crippen molar-refractivity contribution < 1.29 is 4.79 Å². The van der Waals surface area contributed by atoms with E-state index in [1.54, 1.807) is 0 Å². The minimum absolute atomic E-state index is 0.167. The molecule has 0 spiro atoms. The molecule has 1 aromatic rings. The normalized spacial score (nSPS) is 14.8. The standard InChI is InChI=1S/C14H20N2O/c1-4-8-16-12-7-5-6-11(10(2)3)14(12)15-9-13(16)17/h5-7,10,15H,4,8-9H2,1-3H3. The lowest BCUT2D eigenvalue weighted by atomic mass is 9.98. The Morgan fingerprint density at radius 3 is 2.82 bits per heavy atom. The number of carbonyl (C=O) groups is 1. The molecule has 0 fully saturated rings. The van der Waals surface area contributed by atoms with Crippen molar-refractivity contribution in [2.75, 3.05) is 23.3 Å². The Morgan fingerprint density at radius 2 is 2.18 bits per heavy atom. The molecule has 0 radical (unpaired) electrons. The molecule has 1 N–H and O–H groups in total. The number of amides is 1. The molecule has 1 amide bonds. The van der Waals surface area contributed by atoms with Crippen LogP contribution in [-0.4, -0.2) is 19.0 Å². The van der Waals surface area contributed by atoms with Gasteiger partial charge in [0, 0.05) is 6.54 Å². The van der Waals surface area contributed by atoms with Gasteiger partial charge < -0.3 is 10.2 Å². The van der Waals surface area contributed by atoms with Crippen LogP contribution in [0.1, 0.15) is 38.7 Å². The van der Waals surface area contributed by atoms with Crippen LogP contribution in [0.4, 0.5) is 11.4 Å².